The van der Waals surface area contributed by atoms with E-state index < -0.39 is 0 Å². The summed E-state index contributed by atoms with van der Waals surface area (Å²) in [6, 6.07) is 20.6. The molecule has 36 heavy (non-hydrogen) atoms. The zero-order chi connectivity index (χ0) is 25.8. The van der Waals surface area contributed by atoms with E-state index in [1.54, 1.807) is 10.6 Å². The lowest BCUT2D eigenvalue weighted by Gasteiger charge is -2.19. The Hall–Kier alpha value is -4.05. The van der Waals surface area contributed by atoms with Gasteiger partial charge in [0, 0.05) is 30.7 Å². The van der Waals surface area contributed by atoms with Crippen molar-refractivity contribution in [2.75, 3.05) is 0 Å². The van der Waals surface area contributed by atoms with Gasteiger partial charge in [0.15, 0.2) is 11.4 Å². The van der Waals surface area contributed by atoms with E-state index in [0.717, 1.165) is 51.9 Å². The third kappa shape index (κ3) is 4.99. The molecule has 0 saturated heterocycles. The monoisotopic (exact) mass is 471 g/mol. The van der Waals surface area contributed by atoms with E-state index in [2.05, 4.69) is 81.4 Å². The van der Waals surface area contributed by atoms with Crippen molar-refractivity contribution >= 4 is 19.3 Å². The molecule has 178 valence electrons. The van der Waals surface area contributed by atoms with Crippen molar-refractivity contribution in [1.82, 2.24) is 4.98 Å². The number of benzene rings is 2. The summed E-state index contributed by atoms with van der Waals surface area (Å²) in [4.78, 5) is 3.50. The zero-order valence-electron chi connectivity index (χ0n) is 21.6. The SMILES string of the molecule is C=CC1=C(C=C)Oc2ccccc2C1.[B][N+]1=C(C)C=C(C)/C1=C(\c1ccccc1)c1[nH]c(C)cc1C. The molecule has 4 heteroatoms. The number of allylic oxidation sites excluding steroid dienone is 5. The van der Waals surface area contributed by atoms with Gasteiger partial charge in [0.05, 0.1) is 11.3 Å². The second-order valence-electron chi connectivity index (χ2n) is 9.12. The highest BCUT2D eigenvalue weighted by molar-refractivity contribution is 6.07. The van der Waals surface area contributed by atoms with E-state index in [9.17, 15) is 0 Å². The van der Waals surface area contributed by atoms with Gasteiger partial charge in [0.2, 0.25) is 0 Å². The summed E-state index contributed by atoms with van der Waals surface area (Å²) in [6.07, 6.45) is 6.56. The van der Waals surface area contributed by atoms with Gasteiger partial charge in [-0.25, -0.2) is 0 Å². The van der Waals surface area contributed by atoms with Crippen molar-refractivity contribution < 1.29 is 9.22 Å². The van der Waals surface area contributed by atoms with Crippen LogP contribution in [0.3, 0.4) is 0 Å². The van der Waals surface area contributed by atoms with Gasteiger partial charge in [-0.2, -0.15) is 0 Å². The van der Waals surface area contributed by atoms with Gasteiger partial charge in [0.25, 0.3) is 0 Å². The Morgan fingerprint density at radius 3 is 2.25 bits per heavy atom. The fraction of sp³-hybridized carbons (Fsp3) is 0.156. The van der Waals surface area contributed by atoms with E-state index in [0.29, 0.717) is 0 Å². The van der Waals surface area contributed by atoms with Crippen LogP contribution in [0.15, 0.2) is 115 Å². The van der Waals surface area contributed by atoms with Crippen molar-refractivity contribution in [2.45, 2.75) is 34.1 Å². The summed E-state index contributed by atoms with van der Waals surface area (Å²) in [6.45, 7) is 15.9. The van der Waals surface area contributed by atoms with Crippen molar-refractivity contribution in [2.24, 2.45) is 0 Å². The topological polar surface area (TPSA) is 28.0 Å². The third-order valence-electron chi connectivity index (χ3n) is 6.44. The first-order valence-electron chi connectivity index (χ1n) is 12.1. The first kappa shape index (κ1) is 25.1. The number of rotatable bonds is 4. The van der Waals surface area contributed by atoms with Crippen LogP contribution >= 0.6 is 0 Å². The van der Waals surface area contributed by atoms with E-state index in [1.807, 2.05) is 37.3 Å². The molecule has 3 nitrogen and oxygen atoms in total. The van der Waals surface area contributed by atoms with Crippen LogP contribution in [0.5, 0.6) is 5.75 Å². The van der Waals surface area contributed by atoms with Crippen LogP contribution in [0.25, 0.3) is 5.57 Å². The Balaban J connectivity index is 0.000000187. The van der Waals surface area contributed by atoms with Crippen molar-refractivity contribution in [3.8, 4) is 5.75 Å². The largest absolute Gasteiger partial charge is 0.587 e. The summed E-state index contributed by atoms with van der Waals surface area (Å²) < 4.78 is 7.46. The average Bonchev–Trinajstić information content (AvgIpc) is 3.35. The van der Waals surface area contributed by atoms with Crippen LogP contribution in [0, 0.1) is 13.8 Å². The van der Waals surface area contributed by atoms with Crippen molar-refractivity contribution in [3.63, 3.8) is 0 Å². The molecule has 2 aromatic carbocycles. The molecule has 1 aromatic heterocycles. The highest BCUT2D eigenvalue weighted by Gasteiger charge is 2.28. The minimum Gasteiger partial charge on any atom is -0.457 e. The van der Waals surface area contributed by atoms with Crippen LogP contribution in [-0.2, 0) is 6.42 Å². The van der Waals surface area contributed by atoms with Gasteiger partial charge in [0.1, 0.15) is 11.5 Å². The molecule has 0 spiro atoms. The lowest BCUT2D eigenvalue weighted by atomic mass is 9.95. The number of fused-ring (bicyclic) bond motifs is 1. The number of ether oxygens (including phenoxy) is 1. The lowest BCUT2D eigenvalue weighted by molar-refractivity contribution is -0.301. The van der Waals surface area contributed by atoms with E-state index in [4.69, 9.17) is 12.7 Å². The summed E-state index contributed by atoms with van der Waals surface area (Å²) in [5.74, 6) is 1.74. The molecule has 0 aliphatic carbocycles. The molecule has 0 saturated carbocycles. The number of para-hydroxylation sites is 1. The highest BCUT2D eigenvalue weighted by atomic mass is 16.5. The molecule has 5 rings (SSSR count). The first-order chi connectivity index (χ1) is 17.3. The summed E-state index contributed by atoms with van der Waals surface area (Å²) in [5.41, 5.74) is 11.4. The molecule has 0 atom stereocenters. The quantitative estimate of drug-likeness (QED) is 0.402. The van der Waals surface area contributed by atoms with Crippen LogP contribution < -0.4 is 4.74 Å². The second-order valence-corrected chi connectivity index (χ2v) is 9.12. The number of hydrogen-bond acceptors (Lipinski definition) is 1. The van der Waals surface area contributed by atoms with Gasteiger partial charge in [-0.15, -0.1) is 0 Å². The maximum atomic E-state index is 6.32. The normalized spacial score (nSPS) is 15.9. The smallest absolute Gasteiger partial charge is 0.457 e. The van der Waals surface area contributed by atoms with Crippen molar-refractivity contribution in [1.29, 1.82) is 0 Å². The third-order valence-corrected chi connectivity index (χ3v) is 6.44. The molecule has 2 radical (unpaired) electrons. The number of nitrogens with zero attached hydrogens (tertiary/aromatic N) is 1. The molecule has 2 aliphatic heterocycles. The minimum atomic E-state index is 0.818. The standard InChI is InChI=1S/C19H20BN2.C13H12O/c1-12-10-14(3)21-18(12)17(16-8-6-5-7-9-16)19-13(2)11-15(4)22(19)20;1-3-10-9-11-7-5-6-8-13(11)14-12(10)4-2/h5-11,21H,1-4H3;3-8H,1-2,9H2/q+1;. The summed E-state index contributed by atoms with van der Waals surface area (Å²) >= 11 is 0. The molecule has 1 N–H and O–H groups in total. The fourth-order valence-corrected chi connectivity index (χ4v) is 4.70. The molecule has 0 unspecified atom stereocenters. The summed E-state index contributed by atoms with van der Waals surface area (Å²) in [5, 5.41) is 0. The molecule has 3 heterocycles. The van der Waals surface area contributed by atoms with Gasteiger partial charge in [-0.1, -0.05) is 67.8 Å². The summed E-state index contributed by atoms with van der Waals surface area (Å²) in [7, 11) is 6.32. The van der Waals surface area contributed by atoms with Crippen LogP contribution in [0.4, 0.5) is 0 Å². The Morgan fingerprint density at radius 2 is 1.67 bits per heavy atom. The predicted octanol–water partition coefficient (Wildman–Crippen LogP) is 7.16. The second kappa shape index (κ2) is 10.7. The first-order valence-corrected chi connectivity index (χ1v) is 12.1. The molecule has 2 aliphatic rings. The average molecular weight is 471 g/mol. The van der Waals surface area contributed by atoms with Gasteiger partial charge >= 0.3 is 7.98 Å². The zero-order valence-corrected chi connectivity index (χ0v) is 21.6. The van der Waals surface area contributed by atoms with Crippen LogP contribution in [-0.4, -0.2) is 23.2 Å². The number of aromatic nitrogens is 1. The van der Waals surface area contributed by atoms with E-state index in [1.165, 1.54) is 22.3 Å². The van der Waals surface area contributed by atoms with Gasteiger partial charge < -0.3 is 9.72 Å². The Bertz CT molecular complexity index is 1410. The highest BCUT2D eigenvalue weighted by Crippen LogP contribution is 2.34. The van der Waals surface area contributed by atoms with E-state index >= 15 is 0 Å². The number of hydrogen-bond donors (Lipinski definition) is 1. The Morgan fingerprint density at radius 1 is 0.972 bits per heavy atom. The van der Waals surface area contributed by atoms with Crippen LogP contribution in [0.1, 0.15) is 41.9 Å². The van der Waals surface area contributed by atoms with E-state index in [-0.39, 0.29) is 0 Å². The number of H-pyrrole nitrogens is 1. The maximum absolute atomic E-state index is 6.32. The minimum absolute atomic E-state index is 0.818. The molecular weight excluding hydrogens is 439 g/mol. The van der Waals surface area contributed by atoms with Gasteiger partial charge in [-0.05, 0) is 61.2 Å². The lowest BCUT2D eigenvalue weighted by Crippen LogP contribution is -2.12. The van der Waals surface area contributed by atoms with Crippen LogP contribution in [0.2, 0.25) is 0 Å². The predicted molar refractivity (Wildman–Crippen MR) is 151 cm³/mol. The van der Waals surface area contributed by atoms with Crippen molar-refractivity contribution in [3.05, 3.63) is 143 Å². The molecule has 3 aromatic rings. The Kier molecular flexibility index (Phi) is 7.45. The molecular formula is C32H32BN2O+. The fourth-order valence-electron chi connectivity index (χ4n) is 4.70. The molecule has 0 amide bonds. The molecule has 0 fully saturated rings. The Labute approximate surface area is 216 Å². The van der Waals surface area contributed by atoms with Gasteiger partial charge in [-0.3, -0.25) is 4.49 Å². The maximum Gasteiger partial charge on any atom is 0.587 e. The molecule has 0 bridgehead atoms. The number of aryl methyl sites for hydroxylation is 2. The number of aromatic amines is 1. The number of nitrogens with one attached hydrogen (secondary N) is 1.